The Labute approximate surface area is 169 Å². The molecule has 5 rings (SSSR count). The third-order valence-corrected chi connectivity index (χ3v) is 4.96. The average Bonchev–Trinajstić information content (AvgIpc) is 3.28. The van der Waals surface area contributed by atoms with E-state index in [-0.39, 0.29) is 6.04 Å². The first-order chi connectivity index (χ1) is 14.4. The van der Waals surface area contributed by atoms with Crippen molar-refractivity contribution in [3.05, 3.63) is 114 Å². The Bertz CT molecular complexity index is 1120. The van der Waals surface area contributed by atoms with Crippen LogP contribution in [0.25, 0.3) is 5.70 Å². The number of rotatable bonds is 5. The summed E-state index contributed by atoms with van der Waals surface area (Å²) in [7, 11) is 0. The van der Waals surface area contributed by atoms with Crippen LogP contribution < -0.4 is 10.1 Å². The second-order valence-corrected chi connectivity index (χ2v) is 6.89. The van der Waals surface area contributed by atoms with Gasteiger partial charge in [-0.05, 0) is 34.9 Å². The van der Waals surface area contributed by atoms with Gasteiger partial charge in [0.05, 0.1) is 0 Å². The van der Waals surface area contributed by atoms with Gasteiger partial charge in [0.15, 0.2) is 0 Å². The van der Waals surface area contributed by atoms with E-state index >= 15 is 0 Å². The van der Waals surface area contributed by atoms with Gasteiger partial charge in [0.25, 0.3) is 0 Å². The van der Waals surface area contributed by atoms with Crippen LogP contribution in [-0.4, -0.2) is 14.8 Å². The molecule has 142 valence electrons. The molecule has 1 aliphatic heterocycles. The van der Waals surface area contributed by atoms with Crippen LogP contribution in [0.5, 0.6) is 5.75 Å². The first-order valence-corrected chi connectivity index (χ1v) is 9.57. The third kappa shape index (κ3) is 3.62. The van der Waals surface area contributed by atoms with Crippen molar-refractivity contribution in [3.63, 3.8) is 0 Å². The fourth-order valence-electron chi connectivity index (χ4n) is 3.46. The van der Waals surface area contributed by atoms with Crippen LogP contribution in [-0.2, 0) is 6.61 Å². The van der Waals surface area contributed by atoms with Crippen molar-refractivity contribution in [2.24, 2.45) is 0 Å². The largest absolute Gasteiger partial charge is 0.489 e. The number of benzene rings is 3. The van der Waals surface area contributed by atoms with Crippen LogP contribution in [0.15, 0.2) is 97.3 Å². The Hall–Kier alpha value is -3.86. The first kappa shape index (κ1) is 17.3. The molecule has 1 N–H and O–H groups in total. The fraction of sp³-hybridized carbons (Fsp3) is 0.0833. The highest BCUT2D eigenvalue weighted by Gasteiger charge is 2.23. The second-order valence-electron chi connectivity index (χ2n) is 6.89. The number of fused-ring (bicyclic) bond motifs is 1. The molecule has 0 aliphatic carbocycles. The second kappa shape index (κ2) is 7.64. The lowest BCUT2D eigenvalue weighted by Gasteiger charge is -2.24. The summed E-state index contributed by atoms with van der Waals surface area (Å²) in [5, 5.41) is 7.78. The van der Waals surface area contributed by atoms with Crippen LogP contribution in [0.4, 0.5) is 5.95 Å². The monoisotopic (exact) mass is 380 g/mol. The van der Waals surface area contributed by atoms with Gasteiger partial charge in [-0.2, -0.15) is 10.1 Å². The number of allylic oxidation sites excluding steroid dienone is 1. The first-order valence-electron chi connectivity index (χ1n) is 9.57. The van der Waals surface area contributed by atoms with Crippen LogP contribution in [0, 0.1) is 0 Å². The molecule has 5 heteroatoms. The lowest BCUT2D eigenvalue weighted by molar-refractivity contribution is 0.306. The molecule has 3 aromatic carbocycles. The molecule has 29 heavy (non-hydrogen) atoms. The number of ether oxygens (including phenoxy) is 1. The molecule has 0 bridgehead atoms. The van der Waals surface area contributed by atoms with Crippen molar-refractivity contribution in [2.45, 2.75) is 12.6 Å². The Kier molecular flexibility index (Phi) is 4.54. The highest BCUT2D eigenvalue weighted by molar-refractivity contribution is 5.77. The van der Waals surface area contributed by atoms with Crippen LogP contribution in [0.3, 0.4) is 0 Å². The van der Waals surface area contributed by atoms with E-state index < -0.39 is 0 Å². The van der Waals surface area contributed by atoms with Gasteiger partial charge in [-0.15, -0.1) is 0 Å². The molecule has 4 aromatic rings. The number of hydrogen-bond donors (Lipinski definition) is 1. The van der Waals surface area contributed by atoms with Gasteiger partial charge in [0.1, 0.15) is 24.7 Å². The van der Waals surface area contributed by atoms with Crippen LogP contribution in [0.1, 0.15) is 22.7 Å². The molecule has 5 nitrogen and oxygen atoms in total. The summed E-state index contributed by atoms with van der Waals surface area (Å²) in [5.41, 5.74) is 4.42. The normalized spacial score (nSPS) is 15.2. The van der Waals surface area contributed by atoms with E-state index in [4.69, 9.17) is 4.74 Å². The lowest BCUT2D eigenvalue weighted by Crippen LogP contribution is -2.20. The van der Waals surface area contributed by atoms with Crippen molar-refractivity contribution in [3.8, 4) is 5.75 Å². The summed E-state index contributed by atoms with van der Waals surface area (Å²) in [4.78, 5) is 4.36. The van der Waals surface area contributed by atoms with Crippen molar-refractivity contribution in [1.82, 2.24) is 14.8 Å². The van der Waals surface area contributed by atoms with Gasteiger partial charge in [-0.1, -0.05) is 72.8 Å². The number of nitrogens with one attached hydrogen (secondary N) is 1. The zero-order valence-corrected chi connectivity index (χ0v) is 15.8. The zero-order valence-electron chi connectivity index (χ0n) is 15.8. The molecule has 0 saturated heterocycles. The van der Waals surface area contributed by atoms with E-state index in [2.05, 4.69) is 57.9 Å². The van der Waals surface area contributed by atoms with E-state index in [1.165, 1.54) is 0 Å². The summed E-state index contributed by atoms with van der Waals surface area (Å²) < 4.78 is 7.81. The minimum atomic E-state index is -0.0351. The van der Waals surface area contributed by atoms with Crippen molar-refractivity contribution >= 4 is 11.6 Å². The topological polar surface area (TPSA) is 52.0 Å². The number of anilines is 1. The number of aromatic nitrogens is 3. The molecule has 2 heterocycles. The molecule has 1 aromatic heterocycles. The molecule has 0 fully saturated rings. The Balaban J connectivity index is 1.40. The SMILES string of the molecule is C1=C(c2ccccc2)Nc2ncnn2[C@@H]1c1ccc(OCc2ccccc2)cc1. The maximum Gasteiger partial charge on any atom is 0.226 e. The minimum absolute atomic E-state index is 0.0351. The predicted molar refractivity (Wildman–Crippen MR) is 113 cm³/mol. The third-order valence-electron chi connectivity index (χ3n) is 4.96. The van der Waals surface area contributed by atoms with Crippen molar-refractivity contribution < 1.29 is 4.74 Å². The summed E-state index contributed by atoms with van der Waals surface area (Å²) in [6, 6.07) is 28.6. The van der Waals surface area contributed by atoms with Crippen molar-refractivity contribution in [2.75, 3.05) is 5.32 Å². The Morgan fingerprint density at radius 3 is 2.34 bits per heavy atom. The van der Waals surface area contributed by atoms with Crippen molar-refractivity contribution in [1.29, 1.82) is 0 Å². The molecule has 0 saturated carbocycles. The van der Waals surface area contributed by atoms with Gasteiger partial charge < -0.3 is 10.1 Å². The van der Waals surface area contributed by atoms with E-state index in [1.54, 1.807) is 6.33 Å². The highest BCUT2D eigenvalue weighted by atomic mass is 16.5. The smallest absolute Gasteiger partial charge is 0.226 e. The van der Waals surface area contributed by atoms with Gasteiger partial charge in [-0.25, -0.2) is 4.68 Å². The Morgan fingerprint density at radius 1 is 0.862 bits per heavy atom. The summed E-state index contributed by atoms with van der Waals surface area (Å²) in [5.74, 6) is 1.58. The fourth-order valence-corrected chi connectivity index (χ4v) is 3.46. The standard InChI is InChI=1S/C24H20N4O/c1-3-7-18(8-4-1)16-29-21-13-11-20(12-14-21)23-15-22(19-9-5-2-6-10-19)27-24-25-17-26-28(23)24/h1-15,17,23H,16H2,(H,25,26,27)/t23-/m0/s1. The van der Waals surface area contributed by atoms with Gasteiger partial charge in [-0.3, -0.25) is 0 Å². The molecule has 0 unspecified atom stereocenters. The maximum atomic E-state index is 5.92. The molecule has 0 spiro atoms. The summed E-state index contributed by atoms with van der Waals surface area (Å²) in [6.07, 6.45) is 3.76. The number of nitrogens with zero attached hydrogens (tertiary/aromatic N) is 3. The maximum absolute atomic E-state index is 5.92. The molecule has 0 radical (unpaired) electrons. The molecule has 1 atom stereocenters. The van der Waals surface area contributed by atoms with Gasteiger partial charge in [0.2, 0.25) is 5.95 Å². The minimum Gasteiger partial charge on any atom is -0.489 e. The molecular formula is C24H20N4O. The molecule has 1 aliphatic rings. The average molecular weight is 380 g/mol. The van der Waals surface area contributed by atoms with Crippen LogP contribution >= 0.6 is 0 Å². The van der Waals surface area contributed by atoms with E-state index in [0.717, 1.165) is 34.1 Å². The van der Waals surface area contributed by atoms with E-state index in [0.29, 0.717) is 6.61 Å². The highest BCUT2D eigenvalue weighted by Crippen LogP contribution is 2.32. The van der Waals surface area contributed by atoms with Gasteiger partial charge >= 0.3 is 0 Å². The van der Waals surface area contributed by atoms with E-state index in [9.17, 15) is 0 Å². The summed E-state index contributed by atoms with van der Waals surface area (Å²) >= 11 is 0. The van der Waals surface area contributed by atoms with Crippen LogP contribution in [0.2, 0.25) is 0 Å². The van der Waals surface area contributed by atoms with E-state index in [1.807, 2.05) is 53.2 Å². The molecule has 0 amide bonds. The quantitative estimate of drug-likeness (QED) is 0.534. The lowest BCUT2D eigenvalue weighted by atomic mass is 10.0. The Morgan fingerprint density at radius 2 is 1.59 bits per heavy atom. The predicted octanol–water partition coefficient (Wildman–Crippen LogP) is 4.91. The molecular weight excluding hydrogens is 360 g/mol. The number of hydrogen-bond acceptors (Lipinski definition) is 4. The summed E-state index contributed by atoms with van der Waals surface area (Å²) in [6.45, 7) is 0.554. The zero-order chi connectivity index (χ0) is 19.5. The van der Waals surface area contributed by atoms with Gasteiger partial charge in [0, 0.05) is 5.70 Å².